The summed E-state index contributed by atoms with van der Waals surface area (Å²) in [6.45, 7) is 7.20. The Bertz CT molecular complexity index is 1430. The predicted octanol–water partition coefficient (Wildman–Crippen LogP) is 5.70. The minimum atomic E-state index is -0.319. The third-order valence-corrected chi connectivity index (χ3v) is 8.19. The van der Waals surface area contributed by atoms with E-state index in [2.05, 4.69) is 35.2 Å². The number of amides is 2. The molecule has 8 nitrogen and oxygen atoms in total. The lowest BCUT2D eigenvalue weighted by atomic mass is 9.99. The van der Waals surface area contributed by atoms with Gasteiger partial charge in [-0.3, -0.25) is 19.4 Å². The van der Waals surface area contributed by atoms with Crippen molar-refractivity contribution in [3.8, 4) is 22.6 Å². The van der Waals surface area contributed by atoms with Gasteiger partial charge in [0, 0.05) is 32.7 Å². The second kappa shape index (κ2) is 13.3. The van der Waals surface area contributed by atoms with E-state index in [1.165, 1.54) is 4.90 Å². The summed E-state index contributed by atoms with van der Waals surface area (Å²) in [6.07, 6.45) is 0.0904. The first-order valence-corrected chi connectivity index (χ1v) is 14.8. The molecule has 3 aromatic carbocycles. The lowest BCUT2D eigenvalue weighted by molar-refractivity contribution is -0.133. The quantitative estimate of drug-likeness (QED) is 0.309. The number of fused-ring (bicyclic) bond motifs is 1. The molecule has 5 rings (SSSR count). The summed E-state index contributed by atoms with van der Waals surface area (Å²) in [5.74, 6) is 0.719. The number of halogens is 2. The number of benzene rings is 3. The maximum atomic E-state index is 13.8. The van der Waals surface area contributed by atoms with Crippen LogP contribution in [-0.4, -0.2) is 80.8 Å². The molecule has 0 saturated carbocycles. The van der Waals surface area contributed by atoms with Crippen LogP contribution in [0.25, 0.3) is 11.1 Å². The van der Waals surface area contributed by atoms with Crippen molar-refractivity contribution in [1.29, 1.82) is 0 Å². The van der Waals surface area contributed by atoms with Gasteiger partial charge in [0.1, 0.15) is 18.0 Å². The van der Waals surface area contributed by atoms with Crippen molar-refractivity contribution in [2.75, 3.05) is 57.9 Å². The molecule has 2 heterocycles. The van der Waals surface area contributed by atoms with Crippen LogP contribution < -0.4 is 14.4 Å². The Morgan fingerprint density at radius 1 is 1.00 bits per heavy atom. The van der Waals surface area contributed by atoms with Gasteiger partial charge in [0.2, 0.25) is 5.91 Å². The summed E-state index contributed by atoms with van der Waals surface area (Å²) in [7, 11) is 1.79. The molecule has 1 unspecified atom stereocenters. The van der Waals surface area contributed by atoms with Crippen molar-refractivity contribution in [3.05, 3.63) is 76.3 Å². The van der Waals surface area contributed by atoms with Gasteiger partial charge in [0.05, 0.1) is 41.1 Å². The molecule has 0 aromatic heterocycles. The molecule has 3 aromatic rings. The van der Waals surface area contributed by atoms with Gasteiger partial charge in [0.15, 0.2) is 6.61 Å². The van der Waals surface area contributed by atoms with Crippen LogP contribution in [0.3, 0.4) is 0 Å². The molecule has 0 spiro atoms. The van der Waals surface area contributed by atoms with Gasteiger partial charge in [-0.15, -0.1) is 0 Å². The standard InChI is InChI=1S/C32H35Cl2N3O5/c1-21(2)42-25-6-4-5-24(15-25)22-7-9-23(10-8-22)29(18-36-11-13-40-14-12-36)35(3)31(38)19-37-28-16-26(33)27(34)17-30(28)41-20-32(37)39/h4-10,15-17,21,29H,11-14,18-20H2,1-3H3. The highest BCUT2D eigenvalue weighted by Crippen LogP contribution is 2.39. The molecular weight excluding hydrogens is 577 g/mol. The van der Waals surface area contributed by atoms with E-state index in [0.29, 0.717) is 36.2 Å². The van der Waals surface area contributed by atoms with Crippen molar-refractivity contribution in [2.24, 2.45) is 0 Å². The summed E-state index contributed by atoms with van der Waals surface area (Å²) in [5, 5.41) is 0.604. The second-order valence-electron chi connectivity index (χ2n) is 10.8. The van der Waals surface area contributed by atoms with E-state index in [0.717, 1.165) is 35.5 Å². The smallest absolute Gasteiger partial charge is 0.265 e. The number of hydrogen-bond donors (Lipinski definition) is 0. The number of ether oxygens (including phenoxy) is 3. The Morgan fingerprint density at radius 3 is 2.43 bits per heavy atom. The van der Waals surface area contributed by atoms with E-state index >= 15 is 0 Å². The molecular formula is C32H35Cl2N3O5. The number of carbonyl (C=O) groups excluding carboxylic acids is 2. The van der Waals surface area contributed by atoms with Crippen LogP contribution in [0.15, 0.2) is 60.7 Å². The number of rotatable bonds is 9. The predicted molar refractivity (Wildman–Crippen MR) is 165 cm³/mol. The molecule has 1 fully saturated rings. The third kappa shape index (κ3) is 7.01. The Kier molecular flexibility index (Phi) is 9.58. The van der Waals surface area contributed by atoms with Gasteiger partial charge in [-0.1, -0.05) is 59.6 Å². The van der Waals surface area contributed by atoms with Crippen molar-refractivity contribution in [1.82, 2.24) is 9.80 Å². The number of anilines is 1. The van der Waals surface area contributed by atoms with Crippen LogP contribution in [0.5, 0.6) is 11.5 Å². The highest BCUT2D eigenvalue weighted by molar-refractivity contribution is 6.42. The van der Waals surface area contributed by atoms with Crippen LogP contribution in [0.4, 0.5) is 5.69 Å². The molecule has 1 saturated heterocycles. The molecule has 0 aliphatic carbocycles. The molecule has 2 amide bonds. The molecule has 1 atom stereocenters. The van der Waals surface area contributed by atoms with Gasteiger partial charge >= 0.3 is 0 Å². The Morgan fingerprint density at radius 2 is 1.71 bits per heavy atom. The highest BCUT2D eigenvalue weighted by Gasteiger charge is 2.32. The number of hydrogen-bond acceptors (Lipinski definition) is 6. The van der Waals surface area contributed by atoms with E-state index in [9.17, 15) is 9.59 Å². The van der Waals surface area contributed by atoms with Crippen molar-refractivity contribution in [3.63, 3.8) is 0 Å². The zero-order chi connectivity index (χ0) is 29.8. The SMILES string of the molecule is CC(C)Oc1cccc(-c2ccc(C(CN3CCOCC3)N(C)C(=O)CN3C(=O)COc4cc(Cl)c(Cl)cc43)cc2)c1. The van der Waals surface area contributed by atoms with Crippen LogP contribution in [0.1, 0.15) is 25.5 Å². The van der Waals surface area contributed by atoms with Crippen LogP contribution in [-0.2, 0) is 14.3 Å². The minimum Gasteiger partial charge on any atom is -0.491 e. The summed E-state index contributed by atoms with van der Waals surface area (Å²) in [6, 6.07) is 19.2. The van der Waals surface area contributed by atoms with E-state index in [1.807, 2.05) is 32.0 Å². The molecule has 2 aliphatic heterocycles. The van der Waals surface area contributed by atoms with E-state index < -0.39 is 0 Å². The minimum absolute atomic E-state index is 0.0904. The van der Waals surface area contributed by atoms with Crippen molar-refractivity contribution < 1.29 is 23.8 Å². The first-order valence-electron chi connectivity index (χ1n) is 14.0. The molecule has 10 heteroatoms. The fraction of sp³-hybridized carbons (Fsp3) is 0.375. The molecule has 2 aliphatic rings. The lowest BCUT2D eigenvalue weighted by Crippen LogP contribution is -2.48. The zero-order valence-corrected chi connectivity index (χ0v) is 25.5. The van der Waals surface area contributed by atoms with Crippen LogP contribution in [0, 0.1) is 0 Å². The number of nitrogens with zero attached hydrogens (tertiary/aromatic N) is 3. The Labute approximate surface area is 256 Å². The average molecular weight is 613 g/mol. The average Bonchev–Trinajstić information content (AvgIpc) is 2.98. The first kappa shape index (κ1) is 30.2. The first-order chi connectivity index (χ1) is 20.2. The van der Waals surface area contributed by atoms with Gasteiger partial charge in [-0.05, 0) is 48.7 Å². The van der Waals surface area contributed by atoms with E-state index in [1.54, 1.807) is 24.1 Å². The molecule has 0 N–H and O–H groups in total. The summed E-state index contributed by atoms with van der Waals surface area (Å²) in [5.41, 5.74) is 3.54. The van der Waals surface area contributed by atoms with Gasteiger partial charge < -0.3 is 19.1 Å². The van der Waals surface area contributed by atoms with Crippen molar-refractivity contribution in [2.45, 2.75) is 26.0 Å². The summed E-state index contributed by atoms with van der Waals surface area (Å²) >= 11 is 12.4. The van der Waals surface area contributed by atoms with Gasteiger partial charge in [-0.25, -0.2) is 0 Å². The summed E-state index contributed by atoms with van der Waals surface area (Å²) in [4.78, 5) is 32.1. The van der Waals surface area contributed by atoms with Crippen LogP contribution in [0.2, 0.25) is 10.0 Å². The summed E-state index contributed by atoms with van der Waals surface area (Å²) < 4.78 is 17.0. The van der Waals surface area contributed by atoms with E-state index in [-0.39, 0.29) is 42.1 Å². The fourth-order valence-electron chi connectivity index (χ4n) is 5.19. The zero-order valence-electron chi connectivity index (χ0n) is 24.0. The Balaban J connectivity index is 1.39. The maximum absolute atomic E-state index is 13.8. The molecule has 222 valence electrons. The van der Waals surface area contributed by atoms with Crippen LogP contribution >= 0.6 is 23.2 Å². The maximum Gasteiger partial charge on any atom is 0.265 e. The molecule has 42 heavy (non-hydrogen) atoms. The number of carbonyl (C=O) groups is 2. The number of morpholine rings is 1. The van der Waals surface area contributed by atoms with Crippen molar-refractivity contribution >= 4 is 40.7 Å². The lowest BCUT2D eigenvalue weighted by Gasteiger charge is -2.37. The molecule has 0 bridgehead atoms. The van der Waals surface area contributed by atoms with Gasteiger partial charge in [0.25, 0.3) is 5.91 Å². The topological polar surface area (TPSA) is 71.6 Å². The monoisotopic (exact) mass is 611 g/mol. The highest BCUT2D eigenvalue weighted by atomic mass is 35.5. The van der Waals surface area contributed by atoms with Gasteiger partial charge in [-0.2, -0.15) is 0 Å². The largest absolute Gasteiger partial charge is 0.491 e. The number of likely N-dealkylation sites (N-methyl/N-ethyl adjacent to an activating group) is 1. The second-order valence-corrected chi connectivity index (χ2v) is 11.6. The Hall–Kier alpha value is -3.30. The fourth-order valence-corrected chi connectivity index (χ4v) is 5.50. The third-order valence-electron chi connectivity index (χ3n) is 7.47. The normalized spacial score (nSPS) is 16.1. The van der Waals surface area contributed by atoms with E-state index in [4.69, 9.17) is 37.4 Å². The molecule has 0 radical (unpaired) electrons.